The zero-order valence-corrected chi connectivity index (χ0v) is 13.3. The number of carboxylic acids is 1. The molecule has 1 fully saturated rings. The highest BCUT2D eigenvalue weighted by atomic mass is 32.1. The first-order chi connectivity index (χ1) is 10.0. The maximum Gasteiger partial charge on any atom is 0.326 e. The first-order valence-corrected chi connectivity index (χ1v) is 8.23. The fourth-order valence-electron chi connectivity index (χ4n) is 2.71. The molecule has 2 atom stereocenters. The number of carbonyl (C=O) groups is 2. The van der Waals surface area contributed by atoms with Gasteiger partial charge in [0.25, 0.3) is 0 Å². The van der Waals surface area contributed by atoms with Gasteiger partial charge in [0, 0.05) is 11.4 Å². The van der Waals surface area contributed by atoms with E-state index in [0.717, 1.165) is 17.7 Å². The Bertz CT molecular complexity index is 515. The van der Waals surface area contributed by atoms with Gasteiger partial charge in [0.2, 0.25) is 0 Å². The summed E-state index contributed by atoms with van der Waals surface area (Å²) in [7, 11) is 0. The second-order valence-corrected chi connectivity index (χ2v) is 6.56. The van der Waals surface area contributed by atoms with E-state index in [9.17, 15) is 14.7 Å². The third kappa shape index (κ3) is 3.75. The fourth-order valence-corrected chi connectivity index (χ4v) is 3.63. The molecule has 0 bridgehead atoms. The van der Waals surface area contributed by atoms with Crippen LogP contribution in [0.5, 0.6) is 0 Å². The summed E-state index contributed by atoms with van der Waals surface area (Å²) in [5.74, 6) is -0.568. The number of hydrogen-bond donors (Lipinski definition) is 2. The molecular formula is C15H22N2O3S. The van der Waals surface area contributed by atoms with E-state index in [-0.39, 0.29) is 6.03 Å². The highest BCUT2D eigenvalue weighted by molar-refractivity contribution is 7.10. The molecule has 0 aliphatic carbocycles. The van der Waals surface area contributed by atoms with Gasteiger partial charge in [-0.25, -0.2) is 9.59 Å². The van der Waals surface area contributed by atoms with E-state index in [1.807, 2.05) is 12.3 Å². The molecule has 2 heterocycles. The van der Waals surface area contributed by atoms with Crippen molar-refractivity contribution >= 4 is 23.3 Å². The summed E-state index contributed by atoms with van der Waals surface area (Å²) in [5, 5.41) is 14.2. The van der Waals surface area contributed by atoms with Crippen LogP contribution in [0.1, 0.15) is 37.1 Å². The van der Waals surface area contributed by atoms with Crippen molar-refractivity contribution in [3.8, 4) is 0 Å². The van der Waals surface area contributed by atoms with E-state index in [4.69, 9.17) is 0 Å². The molecule has 21 heavy (non-hydrogen) atoms. The fraction of sp³-hybridized carbons (Fsp3) is 0.600. The van der Waals surface area contributed by atoms with Crippen LogP contribution < -0.4 is 5.32 Å². The van der Waals surface area contributed by atoms with Gasteiger partial charge in [-0.05, 0) is 42.2 Å². The van der Waals surface area contributed by atoms with Crippen molar-refractivity contribution in [1.29, 1.82) is 0 Å². The molecule has 2 rings (SSSR count). The molecule has 0 saturated carbocycles. The van der Waals surface area contributed by atoms with Crippen LogP contribution in [0.15, 0.2) is 11.4 Å². The van der Waals surface area contributed by atoms with Crippen molar-refractivity contribution in [1.82, 2.24) is 10.2 Å². The topological polar surface area (TPSA) is 69.6 Å². The first kappa shape index (κ1) is 15.8. The van der Waals surface area contributed by atoms with Gasteiger partial charge in [0.05, 0.1) is 6.54 Å². The lowest BCUT2D eigenvalue weighted by molar-refractivity contribution is -0.143. The molecule has 0 spiro atoms. The molecule has 6 heteroatoms. The van der Waals surface area contributed by atoms with Crippen molar-refractivity contribution in [2.24, 2.45) is 5.92 Å². The number of nitrogens with one attached hydrogen (secondary N) is 1. The Balaban J connectivity index is 1.97. The average Bonchev–Trinajstić information content (AvgIpc) is 2.92. The monoisotopic (exact) mass is 310 g/mol. The van der Waals surface area contributed by atoms with E-state index in [1.54, 1.807) is 11.3 Å². The molecule has 2 unspecified atom stereocenters. The van der Waals surface area contributed by atoms with Crippen LogP contribution in [-0.2, 0) is 17.8 Å². The van der Waals surface area contributed by atoms with Crippen LogP contribution in [0.25, 0.3) is 0 Å². The van der Waals surface area contributed by atoms with Gasteiger partial charge in [-0.2, -0.15) is 0 Å². The van der Waals surface area contributed by atoms with Gasteiger partial charge < -0.3 is 15.3 Å². The number of thiophene rings is 1. The number of rotatable bonds is 4. The average molecular weight is 310 g/mol. The van der Waals surface area contributed by atoms with Gasteiger partial charge in [0.15, 0.2) is 0 Å². The minimum absolute atomic E-state index is 0.273. The van der Waals surface area contributed by atoms with E-state index in [0.29, 0.717) is 25.4 Å². The van der Waals surface area contributed by atoms with E-state index in [1.165, 1.54) is 10.5 Å². The zero-order valence-electron chi connectivity index (χ0n) is 12.5. The Morgan fingerprint density at radius 2 is 2.29 bits per heavy atom. The predicted octanol–water partition coefficient (Wildman–Crippen LogP) is 2.71. The van der Waals surface area contributed by atoms with Crippen LogP contribution in [0.3, 0.4) is 0 Å². The number of carbonyl (C=O) groups excluding carboxylic acids is 1. The number of aryl methyl sites for hydroxylation is 1. The van der Waals surface area contributed by atoms with Crippen molar-refractivity contribution in [3.63, 3.8) is 0 Å². The van der Waals surface area contributed by atoms with Crippen LogP contribution in [0.4, 0.5) is 4.79 Å². The molecular weight excluding hydrogens is 288 g/mol. The number of carboxylic acid groups (broad SMARTS) is 1. The Kier molecular flexibility index (Phi) is 5.22. The second kappa shape index (κ2) is 6.93. The number of likely N-dealkylation sites (tertiary alicyclic amines) is 1. The maximum absolute atomic E-state index is 12.3. The minimum Gasteiger partial charge on any atom is -0.480 e. The highest BCUT2D eigenvalue weighted by Gasteiger charge is 2.34. The summed E-state index contributed by atoms with van der Waals surface area (Å²) in [5.41, 5.74) is 1.24. The molecule has 1 saturated heterocycles. The standard InChI is InChI=1S/C15H22N2O3S/c1-3-11-5-7-21-13(11)9-16-15(20)17-6-4-10(2)8-12(17)14(18)19/h5,7,10,12H,3-4,6,8-9H2,1-2H3,(H,16,20)(H,18,19). The summed E-state index contributed by atoms with van der Waals surface area (Å²) in [4.78, 5) is 26.2. The smallest absolute Gasteiger partial charge is 0.326 e. The summed E-state index contributed by atoms with van der Waals surface area (Å²) in [6, 6.07) is 1.09. The molecule has 1 aliphatic rings. The van der Waals surface area contributed by atoms with E-state index < -0.39 is 12.0 Å². The Hall–Kier alpha value is -1.56. The lowest BCUT2D eigenvalue weighted by atomic mass is 9.93. The van der Waals surface area contributed by atoms with E-state index >= 15 is 0 Å². The summed E-state index contributed by atoms with van der Waals surface area (Å²) in [6.45, 7) is 5.09. The molecule has 0 aromatic carbocycles. The third-order valence-corrected chi connectivity index (χ3v) is 4.99. The number of nitrogens with zero attached hydrogens (tertiary/aromatic N) is 1. The van der Waals surface area contributed by atoms with Crippen LogP contribution in [0, 0.1) is 5.92 Å². The van der Waals surface area contributed by atoms with Crippen molar-refractivity contribution in [2.75, 3.05) is 6.54 Å². The molecule has 5 nitrogen and oxygen atoms in total. The third-order valence-electron chi connectivity index (χ3n) is 4.03. The second-order valence-electron chi connectivity index (χ2n) is 5.56. The molecule has 2 amide bonds. The van der Waals surface area contributed by atoms with Gasteiger partial charge >= 0.3 is 12.0 Å². The summed E-state index contributed by atoms with van der Waals surface area (Å²) < 4.78 is 0. The minimum atomic E-state index is -0.915. The molecule has 1 aromatic rings. The number of amides is 2. The molecule has 116 valence electrons. The van der Waals surface area contributed by atoms with Crippen LogP contribution in [-0.4, -0.2) is 34.6 Å². The zero-order chi connectivity index (χ0) is 15.4. The SMILES string of the molecule is CCc1ccsc1CNC(=O)N1CCC(C)CC1C(=O)O. The Morgan fingerprint density at radius 3 is 2.95 bits per heavy atom. The number of hydrogen-bond acceptors (Lipinski definition) is 3. The number of aliphatic carboxylic acids is 1. The van der Waals surface area contributed by atoms with Crippen molar-refractivity contribution < 1.29 is 14.7 Å². The first-order valence-electron chi connectivity index (χ1n) is 7.35. The highest BCUT2D eigenvalue weighted by Crippen LogP contribution is 2.23. The van der Waals surface area contributed by atoms with Crippen LogP contribution >= 0.6 is 11.3 Å². The van der Waals surface area contributed by atoms with Crippen molar-refractivity contribution in [3.05, 3.63) is 21.9 Å². The Morgan fingerprint density at radius 1 is 1.52 bits per heavy atom. The van der Waals surface area contributed by atoms with Crippen molar-refractivity contribution in [2.45, 2.75) is 45.7 Å². The lowest BCUT2D eigenvalue weighted by Gasteiger charge is -2.35. The predicted molar refractivity (Wildman–Crippen MR) is 82.5 cm³/mol. The molecule has 1 aliphatic heterocycles. The van der Waals surface area contributed by atoms with E-state index in [2.05, 4.69) is 18.3 Å². The van der Waals surface area contributed by atoms with Gasteiger partial charge in [0.1, 0.15) is 6.04 Å². The summed E-state index contributed by atoms with van der Waals surface area (Å²) in [6.07, 6.45) is 2.33. The quantitative estimate of drug-likeness (QED) is 0.898. The van der Waals surface area contributed by atoms with Gasteiger partial charge in [-0.15, -0.1) is 11.3 Å². The normalized spacial score (nSPS) is 22.1. The number of urea groups is 1. The van der Waals surface area contributed by atoms with Gasteiger partial charge in [-0.3, -0.25) is 0 Å². The molecule has 2 N–H and O–H groups in total. The lowest BCUT2D eigenvalue weighted by Crippen LogP contribution is -2.53. The molecule has 1 aromatic heterocycles. The van der Waals surface area contributed by atoms with Gasteiger partial charge in [-0.1, -0.05) is 13.8 Å². The Labute approximate surface area is 129 Å². The van der Waals surface area contributed by atoms with Crippen LogP contribution in [0.2, 0.25) is 0 Å². The number of piperidine rings is 1. The largest absolute Gasteiger partial charge is 0.480 e. The molecule has 0 radical (unpaired) electrons. The summed E-state index contributed by atoms with van der Waals surface area (Å²) >= 11 is 1.62. The maximum atomic E-state index is 12.3.